The summed E-state index contributed by atoms with van der Waals surface area (Å²) in [5.41, 5.74) is 2.69. The molecule has 2 aromatic carbocycles. The van der Waals surface area contributed by atoms with Crippen molar-refractivity contribution in [1.29, 1.82) is 0 Å². The molecular formula is C23H20ClNO4S. The Bertz CT molecular complexity index is 1060. The van der Waals surface area contributed by atoms with Crippen LogP contribution in [-0.4, -0.2) is 25.6 Å². The zero-order valence-electron chi connectivity index (χ0n) is 16.5. The number of amides is 1. The second-order valence-electron chi connectivity index (χ2n) is 6.18. The molecule has 7 heteroatoms. The number of halogens is 1. The lowest BCUT2D eigenvalue weighted by Gasteiger charge is -2.08. The van der Waals surface area contributed by atoms with Gasteiger partial charge in [-0.05, 0) is 48.4 Å². The standard InChI is InChI=1S/C23H20ClNO4S/c1-3-29-23(27)21-19(16-7-11-18(28-2)12-8-16)14-30-22(21)25-20(26)13-6-15-4-9-17(24)10-5-15/h4-14H,3H2,1-2H3,(H,25,26). The number of thiophene rings is 1. The number of hydrogen-bond acceptors (Lipinski definition) is 5. The third-order valence-electron chi connectivity index (χ3n) is 4.21. The molecule has 154 valence electrons. The molecule has 30 heavy (non-hydrogen) atoms. The van der Waals surface area contributed by atoms with Crippen LogP contribution >= 0.6 is 22.9 Å². The van der Waals surface area contributed by atoms with Crippen molar-refractivity contribution in [3.8, 4) is 16.9 Å². The minimum absolute atomic E-state index is 0.237. The first-order chi connectivity index (χ1) is 14.5. The number of benzene rings is 2. The van der Waals surface area contributed by atoms with Gasteiger partial charge in [0.25, 0.3) is 0 Å². The lowest BCUT2D eigenvalue weighted by molar-refractivity contribution is -0.111. The molecule has 0 radical (unpaired) electrons. The lowest BCUT2D eigenvalue weighted by atomic mass is 10.0. The van der Waals surface area contributed by atoms with Gasteiger partial charge in [-0.3, -0.25) is 4.79 Å². The fourth-order valence-corrected chi connectivity index (χ4v) is 3.82. The van der Waals surface area contributed by atoms with Crippen LogP contribution in [0.15, 0.2) is 60.0 Å². The van der Waals surface area contributed by atoms with Crippen molar-refractivity contribution in [2.24, 2.45) is 0 Å². The molecule has 0 bridgehead atoms. The summed E-state index contributed by atoms with van der Waals surface area (Å²) in [7, 11) is 1.59. The summed E-state index contributed by atoms with van der Waals surface area (Å²) in [5, 5.41) is 5.67. The van der Waals surface area contributed by atoms with Gasteiger partial charge in [-0.2, -0.15) is 0 Å². The summed E-state index contributed by atoms with van der Waals surface area (Å²) in [6.07, 6.45) is 3.08. The van der Waals surface area contributed by atoms with Gasteiger partial charge < -0.3 is 14.8 Å². The first kappa shape index (κ1) is 21.6. The Labute approximate surface area is 183 Å². The number of anilines is 1. The Morgan fingerprint density at radius 3 is 2.43 bits per heavy atom. The first-order valence-corrected chi connectivity index (χ1v) is 10.4. The average molecular weight is 442 g/mol. The fourth-order valence-electron chi connectivity index (χ4n) is 2.74. The summed E-state index contributed by atoms with van der Waals surface area (Å²) in [6.45, 7) is 1.98. The van der Waals surface area contributed by atoms with Crippen molar-refractivity contribution in [3.63, 3.8) is 0 Å². The Balaban J connectivity index is 1.86. The van der Waals surface area contributed by atoms with Gasteiger partial charge >= 0.3 is 5.97 Å². The minimum atomic E-state index is -0.485. The van der Waals surface area contributed by atoms with Gasteiger partial charge in [-0.1, -0.05) is 35.9 Å². The van der Waals surface area contributed by atoms with E-state index < -0.39 is 5.97 Å². The minimum Gasteiger partial charge on any atom is -0.497 e. The maximum absolute atomic E-state index is 12.6. The Hall–Kier alpha value is -3.09. The van der Waals surface area contributed by atoms with Crippen LogP contribution < -0.4 is 10.1 Å². The topological polar surface area (TPSA) is 64.6 Å². The SMILES string of the molecule is CCOC(=O)c1c(-c2ccc(OC)cc2)csc1NC(=O)C=Cc1ccc(Cl)cc1. The highest BCUT2D eigenvalue weighted by Crippen LogP contribution is 2.36. The van der Waals surface area contributed by atoms with Crippen LogP contribution in [0.2, 0.25) is 5.02 Å². The van der Waals surface area contributed by atoms with Crippen LogP contribution in [0.5, 0.6) is 5.75 Å². The Morgan fingerprint density at radius 2 is 1.80 bits per heavy atom. The molecule has 1 amide bonds. The van der Waals surface area contributed by atoms with E-state index in [2.05, 4.69) is 5.32 Å². The van der Waals surface area contributed by atoms with Gasteiger partial charge in [-0.25, -0.2) is 4.79 Å². The van der Waals surface area contributed by atoms with Crippen molar-refractivity contribution in [1.82, 2.24) is 0 Å². The van der Waals surface area contributed by atoms with E-state index in [1.807, 2.05) is 41.8 Å². The van der Waals surface area contributed by atoms with Gasteiger partial charge in [0.1, 0.15) is 16.3 Å². The lowest BCUT2D eigenvalue weighted by Crippen LogP contribution is -2.12. The van der Waals surface area contributed by atoms with Crippen LogP contribution in [0, 0.1) is 0 Å². The molecule has 0 unspecified atom stereocenters. The van der Waals surface area contributed by atoms with E-state index in [1.165, 1.54) is 17.4 Å². The van der Waals surface area contributed by atoms with Crippen molar-refractivity contribution < 1.29 is 19.1 Å². The van der Waals surface area contributed by atoms with Gasteiger partial charge in [0.05, 0.1) is 13.7 Å². The highest BCUT2D eigenvalue weighted by Gasteiger charge is 2.22. The van der Waals surface area contributed by atoms with Gasteiger partial charge in [-0.15, -0.1) is 11.3 Å². The van der Waals surface area contributed by atoms with Crippen LogP contribution in [0.4, 0.5) is 5.00 Å². The number of esters is 1. The van der Waals surface area contributed by atoms with Crippen LogP contribution in [0.25, 0.3) is 17.2 Å². The molecule has 0 saturated carbocycles. The number of hydrogen-bond donors (Lipinski definition) is 1. The first-order valence-electron chi connectivity index (χ1n) is 9.19. The van der Waals surface area contributed by atoms with Gasteiger partial charge in [0, 0.05) is 22.0 Å². The molecule has 1 N–H and O–H groups in total. The van der Waals surface area contributed by atoms with Crippen molar-refractivity contribution in [2.45, 2.75) is 6.92 Å². The number of rotatable bonds is 7. The summed E-state index contributed by atoms with van der Waals surface area (Å²) < 4.78 is 10.4. The number of carbonyl (C=O) groups excluding carboxylic acids is 2. The molecule has 0 saturated heterocycles. The van der Waals surface area contributed by atoms with Gasteiger partial charge in [0.15, 0.2) is 0 Å². The predicted molar refractivity (Wildman–Crippen MR) is 121 cm³/mol. The second-order valence-corrected chi connectivity index (χ2v) is 7.49. The molecule has 0 fully saturated rings. The van der Waals surface area contributed by atoms with E-state index in [1.54, 1.807) is 32.2 Å². The van der Waals surface area contributed by atoms with E-state index in [0.717, 1.165) is 11.1 Å². The highest BCUT2D eigenvalue weighted by molar-refractivity contribution is 7.15. The van der Waals surface area contributed by atoms with E-state index in [9.17, 15) is 9.59 Å². The highest BCUT2D eigenvalue weighted by atomic mass is 35.5. The molecule has 1 heterocycles. The molecule has 0 aliphatic heterocycles. The van der Waals surface area contributed by atoms with Crippen LogP contribution in [-0.2, 0) is 9.53 Å². The Kier molecular flexibility index (Phi) is 7.27. The average Bonchev–Trinajstić information content (AvgIpc) is 3.17. The van der Waals surface area contributed by atoms with E-state index in [0.29, 0.717) is 26.9 Å². The van der Waals surface area contributed by atoms with Crippen molar-refractivity contribution >= 4 is 45.9 Å². The number of nitrogens with one attached hydrogen (secondary N) is 1. The molecule has 0 atom stereocenters. The predicted octanol–water partition coefficient (Wildman–Crippen LogP) is 5.91. The zero-order chi connectivity index (χ0) is 21.5. The molecule has 3 rings (SSSR count). The zero-order valence-corrected chi connectivity index (χ0v) is 18.0. The largest absolute Gasteiger partial charge is 0.497 e. The molecule has 3 aromatic rings. The molecule has 5 nitrogen and oxygen atoms in total. The van der Waals surface area contributed by atoms with Crippen molar-refractivity contribution in [2.75, 3.05) is 19.0 Å². The van der Waals surface area contributed by atoms with Crippen LogP contribution in [0.1, 0.15) is 22.8 Å². The maximum Gasteiger partial charge on any atom is 0.341 e. The van der Waals surface area contributed by atoms with Gasteiger partial charge in [0.2, 0.25) is 5.91 Å². The molecule has 0 aliphatic rings. The number of ether oxygens (including phenoxy) is 2. The van der Waals surface area contributed by atoms with Crippen molar-refractivity contribution in [3.05, 3.63) is 76.1 Å². The van der Waals surface area contributed by atoms with E-state index in [-0.39, 0.29) is 12.5 Å². The summed E-state index contributed by atoms with van der Waals surface area (Å²) in [4.78, 5) is 25.0. The fraction of sp³-hybridized carbons (Fsp3) is 0.130. The molecule has 0 spiro atoms. The van der Waals surface area contributed by atoms with E-state index >= 15 is 0 Å². The molecule has 1 aromatic heterocycles. The third kappa shape index (κ3) is 5.28. The maximum atomic E-state index is 12.6. The van der Waals surface area contributed by atoms with E-state index in [4.69, 9.17) is 21.1 Å². The molecule has 0 aliphatic carbocycles. The number of carbonyl (C=O) groups is 2. The molecular weight excluding hydrogens is 422 g/mol. The smallest absolute Gasteiger partial charge is 0.341 e. The third-order valence-corrected chi connectivity index (χ3v) is 5.35. The summed E-state index contributed by atoms with van der Waals surface area (Å²) in [6, 6.07) is 14.5. The Morgan fingerprint density at radius 1 is 1.10 bits per heavy atom. The second kappa shape index (κ2) is 10.1. The summed E-state index contributed by atoms with van der Waals surface area (Å²) in [5.74, 6) is -0.118. The van der Waals surface area contributed by atoms with Crippen LogP contribution in [0.3, 0.4) is 0 Å². The normalized spacial score (nSPS) is 10.8. The monoisotopic (exact) mass is 441 g/mol. The number of methoxy groups -OCH3 is 1. The quantitative estimate of drug-likeness (QED) is 0.366. The summed E-state index contributed by atoms with van der Waals surface area (Å²) >= 11 is 7.14.